The Morgan fingerprint density at radius 1 is 1.14 bits per heavy atom. The van der Waals surface area contributed by atoms with E-state index in [2.05, 4.69) is 10.3 Å². The van der Waals surface area contributed by atoms with Gasteiger partial charge in [-0.1, -0.05) is 44.9 Å². The molecule has 0 radical (unpaired) electrons. The third-order valence-electron chi connectivity index (χ3n) is 3.47. The van der Waals surface area contributed by atoms with E-state index in [0.29, 0.717) is 5.96 Å². The number of carbonyl (C=O) groups is 2. The second kappa shape index (κ2) is 9.02. The fourth-order valence-corrected chi connectivity index (χ4v) is 2.93. The Morgan fingerprint density at radius 3 is 2.23 bits per heavy atom. The van der Waals surface area contributed by atoms with Gasteiger partial charge in [-0.25, -0.2) is 4.79 Å². The molecule has 0 atom stereocenters. The van der Waals surface area contributed by atoms with Crippen molar-refractivity contribution in [1.82, 2.24) is 15.1 Å². The molecule has 0 bridgehead atoms. The molecule has 0 aliphatic heterocycles. The molecule has 7 heteroatoms. The molecule has 0 unspecified atom stereocenters. The first-order valence-electron chi connectivity index (χ1n) is 7.82. The molecule has 1 rings (SSSR count). The van der Waals surface area contributed by atoms with E-state index in [9.17, 15) is 9.59 Å². The number of amides is 3. The quantitative estimate of drug-likeness (QED) is 0.625. The van der Waals surface area contributed by atoms with Gasteiger partial charge in [0.15, 0.2) is 0 Å². The molecule has 0 spiro atoms. The lowest BCUT2D eigenvalue weighted by Gasteiger charge is -2.28. The number of guanidine groups is 1. The van der Waals surface area contributed by atoms with Gasteiger partial charge < -0.3 is 10.2 Å². The standard InChI is InChI=1S/C15H28N4O2S/c1-11(2)22-15(21)17-13(18(3)4)19(5)14(20)16-12-9-7-6-8-10-12/h11-12H,6-10H2,1-5H3,(H,16,20). The van der Waals surface area contributed by atoms with Crippen LogP contribution < -0.4 is 5.32 Å². The van der Waals surface area contributed by atoms with Gasteiger partial charge in [-0.2, -0.15) is 4.99 Å². The molecule has 0 saturated heterocycles. The van der Waals surface area contributed by atoms with Crippen molar-refractivity contribution in [2.45, 2.75) is 57.2 Å². The normalized spacial score (nSPS) is 16.5. The summed E-state index contributed by atoms with van der Waals surface area (Å²) in [6.07, 6.45) is 5.61. The number of urea groups is 1. The highest BCUT2D eigenvalue weighted by atomic mass is 32.2. The minimum atomic E-state index is -0.281. The van der Waals surface area contributed by atoms with Crippen molar-refractivity contribution in [3.8, 4) is 0 Å². The number of thioether (sulfide) groups is 1. The molecule has 6 nitrogen and oxygen atoms in total. The highest BCUT2D eigenvalue weighted by molar-refractivity contribution is 8.14. The van der Waals surface area contributed by atoms with Gasteiger partial charge in [0, 0.05) is 32.4 Å². The fraction of sp³-hybridized carbons (Fsp3) is 0.800. The minimum absolute atomic E-state index is 0.168. The van der Waals surface area contributed by atoms with Gasteiger partial charge in [0.2, 0.25) is 5.96 Å². The van der Waals surface area contributed by atoms with Gasteiger partial charge in [-0.3, -0.25) is 9.69 Å². The molecule has 1 aliphatic carbocycles. The van der Waals surface area contributed by atoms with Gasteiger partial charge >= 0.3 is 11.3 Å². The zero-order valence-electron chi connectivity index (χ0n) is 14.3. The van der Waals surface area contributed by atoms with Crippen LogP contribution in [-0.2, 0) is 0 Å². The van der Waals surface area contributed by atoms with Crippen molar-refractivity contribution >= 4 is 29.0 Å². The van der Waals surface area contributed by atoms with Crippen LogP contribution in [0.5, 0.6) is 0 Å². The summed E-state index contributed by atoms with van der Waals surface area (Å²) in [5.41, 5.74) is 0. The molecule has 0 aromatic heterocycles. The molecule has 3 amide bonds. The molecular formula is C15H28N4O2S. The topological polar surface area (TPSA) is 65.0 Å². The lowest BCUT2D eigenvalue weighted by molar-refractivity contribution is 0.215. The van der Waals surface area contributed by atoms with Crippen molar-refractivity contribution in [1.29, 1.82) is 0 Å². The van der Waals surface area contributed by atoms with E-state index in [-0.39, 0.29) is 22.6 Å². The summed E-state index contributed by atoms with van der Waals surface area (Å²) in [5.74, 6) is 0.353. The molecule has 22 heavy (non-hydrogen) atoms. The first-order valence-corrected chi connectivity index (χ1v) is 8.70. The van der Waals surface area contributed by atoms with E-state index in [0.717, 1.165) is 37.4 Å². The second-order valence-electron chi connectivity index (χ2n) is 6.08. The van der Waals surface area contributed by atoms with Crippen LogP contribution in [0.3, 0.4) is 0 Å². The van der Waals surface area contributed by atoms with Crippen LogP contribution in [0.25, 0.3) is 0 Å². The predicted octanol–water partition coefficient (Wildman–Crippen LogP) is 3.14. The fourth-order valence-electron chi connectivity index (χ4n) is 2.39. The van der Waals surface area contributed by atoms with Crippen LogP contribution >= 0.6 is 11.8 Å². The summed E-state index contributed by atoms with van der Waals surface area (Å²) in [4.78, 5) is 31.4. The van der Waals surface area contributed by atoms with E-state index in [1.54, 1.807) is 26.0 Å². The Hall–Kier alpha value is -1.24. The first-order chi connectivity index (χ1) is 10.3. The molecular weight excluding hydrogens is 300 g/mol. The van der Waals surface area contributed by atoms with Crippen LogP contribution in [0.15, 0.2) is 4.99 Å². The number of aliphatic imine (C=N–C) groups is 1. The van der Waals surface area contributed by atoms with Gasteiger partial charge in [-0.05, 0) is 12.8 Å². The monoisotopic (exact) mass is 328 g/mol. The molecule has 1 N–H and O–H groups in total. The van der Waals surface area contributed by atoms with Crippen molar-refractivity contribution in [3.05, 3.63) is 0 Å². The molecule has 1 saturated carbocycles. The maximum atomic E-state index is 12.4. The van der Waals surface area contributed by atoms with Crippen molar-refractivity contribution in [2.75, 3.05) is 21.1 Å². The van der Waals surface area contributed by atoms with E-state index in [1.165, 1.54) is 11.3 Å². The largest absolute Gasteiger partial charge is 0.348 e. The van der Waals surface area contributed by atoms with Crippen LogP contribution in [0, 0.1) is 0 Å². The number of nitrogens with zero attached hydrogens (tertiary/aromatic N) is 3. The number of carbonyl (C=O) groups excluding carboxylic acids is 2. The van der Waals surface area contributed by atoms with E-state index in [1.807, 2.05) is 13.8 Å². The number of rotatable bonds is 2. The van der Waals surface area contributed by atoms with E-state index in [4.69, 9.17) is 0 Å². The van der Waals surface area contributed by atoms with Gasteiger partial charge in [0.05, 0.1) is 0 Å². The first kappa shape index (κ1) is 18.8. The number of hydrogen-bond donors (Lipinski definition) is 1. The molecule has 1 aliphatic rings. The molecule has 126 valence electrons. The maximum absolute atomic E-state index is 12.4. The lowest BCUT2D eigenvalue weighted by atomic mass is 9.96. The van der Waals surface area contributed by atoms with Crippen LogP contribution in [0.4, 0.5) is 9.59 Å². The lowest BCUT2D eigenvalue weighted by Crippen LogP contribution is -2.50. The third-order valence-corrected chi connectivity index (χ3v) is 4.23. The highest BCUT2D eigenvalue weighted by Gasteiger charge is 2.22. The van der Waals surface area contributed by atoms with Gasteiger partial charge in [0.25, 0.3) is 0 Å². The Labute approximate surface area is 137 Å². The summed E-state index contributed by atoms with van der Waals surface area (Å²) < 4.78 is 0. The summed E-state index contributed by atoms with van der Waals surface area (Å²) in [6, 6.07) is 0.0227. The SMILES string of the molecule is CC(C)SC(=O)N=C(N(C)C)N(C)C(=O)NC1CCCCC1. The van der Waals surface area contributed by atoms with Gasteiger partial charge in [-0.15, -0.1) is 0 Å². The predicted molar refractivity (Wildman–Crippen MR) is 92.4 cm³/mol. The molecule has 0 heterocycles. The van der Waals surface area contributed by atoms with Crippen molar-refractivity contribution in [3.63, 3.8) is 0 Å². The van der Waals surface area contributed by atoms with Gasteiger partial charge in [0.1, 0.15) is 0 Å². The van der Waals surface area contributed by atoms with Crippen molar-refractivity contribution < 1.29 is 9.59 Å². The summed E-state index contributed by atoms with van der Waals surface area (Å²) in [7, 11) is 5.19. The number of hydrogen-bond acceptors (Lipinski definition) is 3. The summed E-state index contributed by atoms with van der Waals surface area (Å²) in [5, 5.41) is 2.92. The Kier molecular flexibility index (Phi) is 7.72. The number of nitrogens with one attached hydrogen (secondary N) is 1. The Balaban J connectivity index is 2.70. The summed E-state index contributed by atoms with van der Waals surface area (Å²) in [6.45, 7) is 3.87. The molecule has 1 fully saturated rings. The molecule has 0 aromatic carbocycles. The van der Waals surface area contributed by atoms with Crippen LogP contribution in [0.2, 0.25) is 0 Å². The average molecular weight is 328 g/mol. The smallest absolute Gasteiger partial charge is 0.324 e. The zero-order chi connectivity index (χ0) is 16.7. The third kappa shape index (κ3) is 6.25. The summed E-state index contributed by atoms with van der Waals surface area (Å²) >= 11 is 1.15. The van der Waals surface area contributed by atoms with E-state index < -0.39 is 0 Å². The average Bonchev–Trinajstić information content (AvgIpc) is 2.44. The highest BCUT2D eigenvalue weighted by Crippen LogP contribution is 2.18. The Bertz CT molecular complexity index is 418. The second-order valence-corrected chi connectivity index (χ2v) is 7.61. The molecule has 0 aromatic rings. The maximum Gasteiger partial charge on any atom is 0.324 e. The zero-order valence-corrected chi connectivity index (χ0v) is 15.1. The van der Waals surface area contributed by atoms with E-state index >= 15 is 0 Å². The van der Waals surface area contributed by atoms with Crippen LogP contribution in [-0.4, -0.2) is 59.5 Å². The Morgan fingerprint density at radius 2 is 1.73 bits per heavy atom. The van der Waals surface area contributed by atoms with Crippen molar-refractivity contribution in [2.24, 2.45) is 4.99 Å². The van der Waals surface area contributed by atoms with Crippen LogP contribution in [0.1, 0.15) is 46.0 Å². The minimum Gasteiger partial charge on any atom is -0.348 e.